The molecule has 7 aromatic rings. The van der Waals surface area contributed by atoms with Crippen LogP contribution < -0.4 is 0 Å². The van der Waals surface area contributed by atoms with E-state index in [1.165, 1.54) is 22.3 Å². The Morgan fingerprint density at radius 2 is 1.43 bits per heavy atom. The molecule has 0 unspecified atom stereocenters. The largest absolute Gasteiger partial charge is 0.506 e. The molecule has 0 atom stereocenters. The second-order valence-corrected chi connectivity index (χ2v) is 12.7. The molecule has 0 fully saturated rings. The summed E-state index contributed by atoms with van der Waals surface area (Å²) in [6, 6.07) is 33.6. The molecule has 233 valence electrons. The van der Waals surface area contributed by atoms with Crippen LogP contribution in [-0.4, -0.2) is 15.0 Å². The molecule has 0 saturated carbocycles. The molecule has 4 aromatic heterocycles. The van der Waals surface area contributed by atoms with Crippen LogP contribution >= 0.6 is 0 Å². The van der Waals surface area contributed by atoms with Crippen LogP contribution in [0.25, 0.3) is 55.5 Å². The smallest absolute Gasteiger partial charge is 0.0847 e. The zero-order chi connectivity index (χ0) is 31.7. The second-order valence-electron chi connectivity index (χ2n) is 12.7. The summed E-state index contributed by atoms with van der Waals surface area (Å²) in [5.41, 5.74) is 13.8. The van der Waals surface area contributed by atoms with Gasteiger partial charge in [-0.3, -0.25) is 9.97 Å². The summed E-state index contributed by atoms with van der Waals surface area (Å²) in [6.07, 6.45) is 5.54. The topological polar surface area (TPSA) is 51.8 Å². The Morgan fingerprint density at radius 1 is 0.696 bits per heavy atom. The first-order valence-corrected chi connectivity index (χ1v) is 15.3. The molecule has 1 radical (unpaired) electrons. The van der Waals surface area contributed by atoms with Crippen molar-refractivity contribution < 1.29 is 24.5 Å². The van der Waals surface area contributed by atoms with Gasteiger partial charge in [-0.25, -0.2) is 0 Å². The summed E-state index contributed by atoms with van der Waals surface area (Å²) >= 11 is 0. The fourth-order valence-corrected chi connectivity index (χ4v) is 5.18. The first-order chi connectivity index (χ1) is 21.6. The summed E-state index contributed by atoms with van der Waals surface area (Å²) in [4.78, 5) is 14.2. The van der Waals surface area contributed by atoms with E-state index in [2.05, 4.69) is 114 Å². The number of rotatable bonds is 3. The molecule has 4 nitrogen and oxygen atoms in total. The van der Waals surface area contributed by atoms with Crippen LogP contribution in [-0.2, 0) is 25.5 Å². The van der Waals surface area contributed by atoms with Gasteiger partial charge < -0.3 is 9.40 Å². The minimum Gasteiger partial charge on any atom is -0.506 e. The normalized spacial score (nSPS) is 11.2. The summed E-state index contributed by atoms with van der Waals surface area (Å²) in [7, 11) is 0. The van der Waals surface area contributed by atoms with Gasteiger partial charge in [-0.2, -0.15) is 0 Å². The van der Waals surface area contributed by atoms with Gasteiger partial charge in [-0.05, 0) is 42.3 Å². The number of hydrogen-bond acceptors (Lipinski definition) is 4. The van der Waals surface area contributed by atoms with Crippen LogP contribution in [0, 0.1) is 39.8 Å². The predicted molar refractivity (Wildman–Crippen MR) is 185 cm³/mol. The van der Waals surface area contributed by atoms with E-state index in [4.69, 9.17) is 14.4 Å². The van der Waals surface area contributed by atoms with Gasteiger partial charge in [-0.15, -0.1) is 41.0 Å². The Bertz CT molecular complexity index is 2080. The summed E-state index contributed by atoms with van der Waals surface area (Å²) < 4.78 is 5.75. The number of hydrogen-bond donors (Lipinski definition) is 0. The maximum absolute atomic E-state index is 5.75. The molecule has 0 aliphatic rings. The average molecular weight is 780 g/mol. The van der Waals surface area contributed by atoms with Crippen molar-refractivity contribution in [3.63, 3.8) is 0 Å². The SMILES string of the molecule is CC(C)(C)c1ccc2c(-c3ccc(-c4ccccc4)cn3)[c-]c3ccoc3c2n1.Cc1c[c-]c(-c2cc(C)c(C)cn2)cc1C.[Ir]. The Hall–Kier alpha value is -4.44. The van der Waals surface area contributed by atoms with Crippen molar-refractivity contribution >= 4 is 21.9 Å². The average Bonchev–Trinajstić information content (AvgIpc) is 3.53. The van der Waals surface area contributed by atoms with E-state index < -0.39 is 0 Å². The van der Waals surface area contributed by atoms with Gasteiger partial charge in [-0.1, -0.05) is 117 Å². The monoisotopic (exact) mass is 780 g/mol. The minimum atomic E-state index is -0.0393. The molecule has 4 heterocycles. The van der Waals surface area contributed by atoms with Crippen LogP contribution in [0.3, 0.4) is 0 Å². The van der Waals surface area contributed by atoms with Crippen molar-refractivity contribution in [2.75, 3.05) is 0 Å². The van der Waals surface area contributed by atoms with E-state index in [-0.39, 0.29) is 25.5 Å². The van der Waals surface area contributed by atoms with E-state index in [0.717, 1.165) is 61.2 Å². The number of aryl methyl sites for hydroxylation is 4. The van der Waals surface area contributed by atoms with Crippen LogP contribution in [0.2, 0.25) is 0 Å². The molecular formula is C41H37IrN3O-2. The third kappa shape index (κ3) is 6.87. The maximum Gasteiger partial charge on any atom is 0.0847 e. The molecule has 0 amide bonds. The third-order valence-electron chi connectivity index (χ3n) is 8.28. The Labute approximate surface area is 285 Å². The van der Waals surface area contributed by atoms with E-state index in [1.807, 2.05) is 42.7 Å². The standard InChI is InChI=1S/C26H21N2O.C15H16N.Ir/c1-26(2,3)23-12-10-20-21(15-18-13-14-29-25(18)24(20)28-23)22-11-9-19(16-27-22)17-7-5-4-6-8-17;1-10-5-6-14(7-11(10)2)15-8-12(3)13(4)9-16-15;/h4-14,16H,1-3H3;5,7-9H,1-4H3;/q2*-1;. The van der Waals surface area contributed by atoms with Gasteiger partial charge in [0.1, 0.15) is 0 Å². The van der Waals surface area contributed by atoms with E-state index >= 15 is 0 Å². The van der Waals surface area contributed by atoms with Crippen molar-refractivity contribution in [1.82, 2.24) is 15.0 Å². The molecule has 0 bridgehead atoms. The predicted octanol–water partition coefficient (Wildman–Crippen LogP) is 10.6. The quantitative estimate of drug-likeness (QED) is 0.168. The van der Waals surface area contributed by atoms with Crippen molar-refractivity contribution in [3.8, 4) is 33.6 Å². The van der Waals surface area contributed by atoms with Gasteiger partial charge in [0.15, 0.2) is 0 Å². The van der Waals surface area contributed by atoms with E-state index in [0.29, 0.717) is 0 Å². The Morgan fingerprint density at radius 3 is 2.11 bits per heavy atom. The number of aromatic nitrogens is 3. The van der Waals surface area contributed by atoms with Gasteiger partial charge in [0, 0.05) is 61.1 Å². The molecule has 3 aromatic carbocycles. The molecule has 5 heteroatoms. The maximum atomic E-state index is 5.75. The third-order valence-corrected chi connectivity index (χ3v) is 8.28. The summed E-state index contributed by atoms with van der Waals surface area (Å²) in [5.74, 6) is 0. The molecule has 0 spiro atoms. The fraction of sp³-hybridized carbons (Fsp3) is 0.195. The first-order valence-electron chi connectivity index (χ1n) is 15.3. The van der Waals surface area contributed by atoms with Crippen molar-refractivity contribution in [2.24, 2.45) is 0 Å². The first kappa shape index (κ1) is 32.9. The number of benzene rings is 3. The molecule has 0 aliphatic carbocycles. The van der Waals surface area contributed by atoms with Gasteiger partial charge >= 0.3 is 0 Å². The van der Waals surface area contributed by atoms with Gasteiger partial charge in [0.2, 0.25) is 0 Å². The minimum absolute atomic E-state index is 0. The van der Waals surface area contributed by atoms with Crippen LogP contribution in [0.5, 0.6) is 0 Å². The number of pyridine rings is 3. The van der Waals surface area contributed by atoms with Gasteiger partial charge in [0.25, 0.3) is 0 Å². The Kier molecular flexibility index (Phi) is 9.67. The fourth-order valence-electron chi connectivity index (χ4n) is 5.18. The zero-order valence-electron chi connectivity index (χ0n) is 27.3. The molecule has 7 rings (SSSR count). The zero-order valence-corrected chi connectivity index (χ0v) is 29.7. The van der Waals surface area contributed by atoms with Crippen LogP contribution in [0.15, 0.2) is 102 Å². The molecular weight excluding hydrogens is 743 g/mol. The summed E-state index contributed by atoms with van der Waals surface area (Å²) in [5, 5.41) is 1.92. The van der Waals surface area contributed by atoms with Crippen molar-refractivity contribution in [2.45, 2.75) is 53.9 Å². The number of furan rings is 1. The second kappa shape index (κ2) is 13.5. The molecule has 0 N–H and O–H groups in total. The van der Waals surface area contributed by atoms with Crippen LogP contribution in [0.1, 0.15) is 48.7 Å². The van der Waals surface area contributed by atoms with Crippen molar-refractivity contribution in [3.05, 3.63) is 138 Å². The van der Waals surface area contributed by atoms with Crippen molar-refractivity contribution in [1.29, 1.82) is 0 Å². The molecule has 46 heavy (non-hydrogen) atoms. The van der Waals surface area contributed by atoms with Gasteiger partial charge in [0.05, 0.1) is 5.58 Å². The number of nitrogens with zero attached hydrogens (tertiary/aromatic N) is 3. The molecule has 0 aliphatic heterocycles. The molecule has 0 saturated heterocycles. The van der Waals surface area contributed by atoms with E-state index in [9.17, 15) is 0 Å². The van der Waals surface area contributed by atoms with Crippen LogP contribution in [0.4, 0.5) is 0 Å². The summed E-state index contributed by atoms with van der Waals surface area (Å²) in [6.45, 7) is 14.9. The number of fused-ring (bicyclic) bond motifs is 3. The van der Waals surface area contributed by atoms with E-state index in [1.54, 1.807) is 6.26 Å². The Balaban J connectivity index is 0.000000209.